The van der Waals surface area contributed by atoms with Crippen molar-refractivity contribution in [3.8, 4) is 17.3 Å². The number of benzene rings is 1. The fraction of sp³-hybridized carbons (Fsp3) is 0.379. The van der Waals surface area contributed by atoms with Crippen LogP contribution in [0.2, 0.25) is 0 Å². The summed E-state index contributed by atoms with van der Waals surface area (Å²) in [6.45, 7) is 5.50. The third kappa shape index (κ3) is 4.50. The molecule has 2 aliphatic rings. The number of nitrogens with zero attached hydrogens (tertiary/aromatic N) is 7. The number of rotatable bonds is 7. The van der Waals surface area contributed by atoms with Crippen molar-refractivity contribution < 1.29 is 19.4 Å². The molecule has 4 aromatic rings. The van der Waals surface area contributed by atoms with Crippen LogP contribution in [0, 0.1) is 29.5 Å². The summed E-state index contributed by atoms with van der Waals surface area (Å²) in [5.41, 5.74) is 5.25. The Morgan fingerprint density at radius 3 is 2.61 bits per heavy atom. The lowest BCUT2D eigenvalue weighted by Gasteiger charge is -2.61. The van der Waals surface area contributed by atoms with Crippen LogP contribution in [-0.4, -0.2) is 81.6 Å². The van der Waals surface area contributed by atoms with Crippen molar-refractivity contribution in [2.75, 3.05) is 49.6 Å². The minimum atomic E-state index is -1.40. The molecule has 2 N–H and O–H groups in total. The number of aliphatic hydroxyl groups excluding tert-OH is 2. The number of aromatic nitrogens is 3. The van der Waals surface area contributed by atoms with Gasteiger partial charge in [0.25, 0.3) is 5.91 Å². The van der Waals surface area contributed by atoms with Crippen LogP contribution in [0.4, 0.5) is 20.9 Å². The maximum absolute atomic E-state index is 15.3. The topological polar surface area (TPSA) is 121 Å². The Hall–Kier alpha value is -4.05. The molecule has 0 bridgehead atoms. The molecule has 2 fully saturated rings. The largest absolute Gasteiger partial charge is 0.393 e. The summed E-state index contributed by atoms with van der Waals surface area (Å²) >= 11 is 1.30. The van der Waals surface area contributed by atoms with E-state index in [2.05, 4.69) is 11.2 Å². The van der Waals surface area contributed by atoms with Gasteiger partial charge in [-0.05, 0) is 19.4 Å². The zero-order valence-corrected chi connectivity index (χ0v) is 23.8. The third-order valence-corrected chi connectivity index (χ3v) is 9.00. The Labute approximate surface area is 240 Å². The summed E-state index contributed by atoms with van der Waals surface area (Å²) in [5, 5.41) is 33.8. The van der Waals surface area contributed by atoms with E-state index in [1.54, 1.807) is 10.6 Å². The van der Waals surface area contributed by atoms with Crippen molar-refractivity contribution in [2.24, 2.45) is 5.41 Å². The Kier molecular flexibility index (Phi) is 6.68. The van der Waals surface area contributed by atoms with E-state index in [1.165, 1.54) is 22.4 Å². The summed E-state index contributed by atoms with van der Waals surface area (Å²) in [5.74, 6) is -0.868. The predicted octanol–water partition coefficient (Wildman–Crippen LogP) is 3.11. The van der Waals surface area contributed by atoms with Gasteiger partial charge in [-0.2, -0.15) is 10.4 Å². The van der Waals surface area contributed by atoms with Crippen molar-refractivity contribution >= 4 is 39.3 Å². The van der Waals surface area contributed by atoms with Crippen LogP contribution in [0.1, 0.15) is 23.1 Å². The Bertz CT molecular complexity index is 1680. The molecule has 0 saturated carbocycles. The highest BCUT2D eigenvalue weighted by Gasteiger charge is 2.54. The first kappa shape index (κ1) is 27.1. The standard InChI is InChI=1S/C29H30FN7O3S/c1-4-20-26(34(3)28-32-25(24(10-31)41-28)18-7-5-17(2)6-8-18)22-9-21(19(30)11-37(22)33-20)35-13-29(14-35)15-36(16-29)27(40)23(39)12-38/h5-9,11,23,38-39H,4,12-16H2,1-3H3. The molecule has 6 rings (SSSR count). The van der Waals surface area contributed by atoms with Gasteiger partial charge in [-0.3, -0.25) is 4.79 Å². The smallest absolute Gasteiger partial charge is 0.253 e. The first-order valence-corrected chi connectivity index (χ1v) is 14.2. The highest BCUT2D eigenvalue weighted by molar-refractivity contribution is 7.16. The van der Waals surface area contributed by atoms with Gasteiger partial charge < -0.3 is 24.9 Å². The number of aliphatic hydroxyl groups is 2. The molecule has 2 aliphatic heterocycles. The van der Waals surface area contributed by atoms with Gasteiger partial charge in [0.05, 0.1) is 35.4 Å². The normalized spacial score (nSPS) is 16.4. The molecule has 0 radical (unpaired) electrons. The van der Waals surface area contributed by atoms with E-state index in [0.717, 1.165) is 28.0 Å². The summed E-state index contributed by atoms with van der Waals surface area (Å²) in [7, 11) is 1.89. The summed E-state index contributed by atoms with van der Waals surface area (Å²) < 4.78 is 16.9. The number of carbonyl (C=O) groups excluding carboxylic acids is 1. The first-order chi connectivity index (χ1) is 19.7. The number of halogens is 1. The number of thiazole rings is 1. The second kappa shape index (κ2) is 10.1. The van der Waals surface area contributed by atoms with Crippen molar-refractivity contribution in [1.29, 1.82) is 5.26 Å². The minimum absolute atomic E-state index is 0.140. The fourth-order valence-corrected chi connectivity index (χ4v) is 6.66. The van der Waals surface area contributed by atoms with Gasteiger partial charge in [0.1, 0.15) is 16.6 Å². The van der Waals surface area contributed by atoms with E-state index in [1.807, 2.05) is 55.0 Å². The van der Waals surface area contributed by atoms with Gasteiger partial charge in [-0.1, -0.05) is 48.1 Å². The quantitative estimate of drug-likeness (QED) is 0.345. The number of hydrogen-bond donors (Lipinski definition) is 2. The third-order valence-electron chi connectivity index (χ3n) is 7.96. The molecule has 1 unspecified atom stereocenters. The highest BCUT2D eigenvalue weighted by Crippen LogP contribution is 2.44. The summed E-state index contributed by atoms with van der Waals surface area (Å²) in [4.78, 5) is 22.9. The molecule has 5 heterocycles. The molecule has 0 aliphatic carbocycles. The van der Waals surface area contributed by atoms with Gasteiger partial charge >= 0.3 is 0 Å². The van der Waals surface area contributed by atoms with Crippen LogP contribution >= 0.6 is 11.3 Å². The molecular formula is C29H30FN7O3S. The highest BCUT2D eigenvalue weighted by atomic mass is 32.1. The van der Waals surface area contributed by atoms with Gasteiger partial charge in [0.15, 0.2) is 17.1 Å². The number of amides is 1. The summed E-state index contributed by atoms with van der Waals surface area (Å²) in [6.07, 6.45) is 0.611. The van der Waals surface area contributed by atoms with Gasteiger partial charge in [0, 0.05) is 44.2 Å². The monoisotopic (exact) mass is 575 g/mol. The van der Waals surface area contributed by atoms with E-state index in [0.29, 0.717) is 54.0 Å². The second-order valence-corrected chi connectivity index (χ2v) is 11.9. The molecule has 212 valence electrons. The lowest BCUT2D eigenvalue weighted by atomic mass is 9.72. The van der Waals surface area contributed by atoms with E-state index in [9.17, 15) is 15.2 Å². The van der Waals surface area contributed by atoms with E-state index < -0.39 is 24.4 Å². The van der Waals surface area contributed by atoms with Gasteiger partial charge in [-0.25, -0.2) is 13.9 Å². The maximum Gasteiger partial charge on any atom is 0.253 e. The molecule has 41 heavy (non-hydrogen) atoms. The second-order valence-electron chi connectivity index (χ2n) is 10.9. The molecule has 2 saturated heterocycles. The number of nitriles is 1. The van der Waals surface area contributed by atoms with E-state index in [4.69, 9.17) is 10.1 Å². The number of aryl methyl sites for hydroxylation is 2. The van der Waals surface area contributed by atoms with Crippen molar-refractivity contribution in [2.45, 2.75) is 26.4 Å². The van der Waals surface area contributed by atoms with Crippen LogP contribution in [0.5, 0.6) is 0 Å². The predicted molar refractivity (Wildman–Crippen MR) is 154 cm³/mol. The Balaban J connectivity index is 1.29. The molecular weight excluding hydrogens is 545 g/mol. The first-order valence-electron chi connectivity index (χ1n) is 13.4. The number of carbonyl (C=O) groups is 1. The zero-order chi connectivity index (χ0) is 29.1. The van der Waals surface area contributed by atoms with Gasteiger partial charge in [0.2, 0.25) is 0 Å². The molecule has 3 aromatic heterocycles. The number of likely N-dealkylation sites (tertiary alicyclic amines) is 1. The summed E-state index contributed by atoms with van der Waals surface area (Å²) in [6, 6.07) is 12.0. The van der Waals surface area contributed by atoms with E-state index >= 15 is 4.39 Å². The average molecular weight is 576 g/mol. The number of pyridine rings is 1. The maximum atomic E-state index is 15.3. The van der Waals surface area contributed by atoms with Crippen LogP contribution in [0.15, 0.2) is 36.5 Å². The lowest BCUT2D eigenvalue weighted by Crippen LogP contribution is -2.74. The van der Waals surface area contributed by atoms with E-state index in [-0.39, 0.29) is 5.41 Å². The van der Waals surface area contributed by atoms with Crippen molar-refractivity contribution in [3.63, 3.8) is 0 Å². The number of fused-ring (bicyclic) bond motifs is 1. The van der Waals surface area contributed by atoms with Gasteiger partial charge in [-0.15, -0.1) is 0 Å². The molecule has 1 spiro atoms. The average Bonchev–Trinajstić information content (AvgIpc) is 3.52. The lowest BCUT2D eigenvalue weighted by molar-refractivity contribution is -0.156. The molecule has 12 heteroatoms. The van der Waals surface area contributed by atoms with Crippen LogP contribution in [0.25, 0.3) is 16.8 Å². The zero-order valence-electron chi connectivity index (χ0n) is 23.0. The van der Waals surface area contributed by atoms with Crippen LogP contribution in [-0.2, 0) is 11.2 Å². The molecule has 1 aromatic carbocycles. The van der Waals surface area contributed by atoms with Crippen molar-refractivity contribution in [3.05, 3.63) is 58.5 Å². The number of anilines is 3. The Morgan fingerprint density at radius 1 is 1.27 bits per heavy atom. The van der Waals surface area contributed by atoms with Crippen molar-refractivity contribution in [1.82, 2.24) is 19.5 Å². The molecule has 10 nitrogen and oxygen atoms in total. The van der Waals surface area contributed by atoms with Crippen LogP contribution in [0.3, 0.4) is 0 Å². The SMILES string of the molecule is CCc1nn2cc(F)c(N3CC4(CN(C(=O)C(O)CO)C4)C3)cc2c1N(C)c1nc(-c2ccc(C)cc2)c(C#N)s1. The Morgan fingerprint density at radius 2 is 1.98 bits per heavy atom. The molecule has 1 atom stereocenters. The minimum Gasteiger partial charge on any atom is -0.393 e. The fourth-order valence-electron chi connectivity index (χ4n) is 5.81. The number of hydrogen-bond acceptors (Lipinski definition) is 9. The molecule has 1 amide bonds. The van der Waals surface area contributed by atoms with Crippen LogP contribution < -0.4 is 9.80 Å².